The first kappa shape index (κ1) is 12.6. The Morgan fingerprint density at radius 2 is 1.89 bits per heavy atom. The second-order valence-electron chi connectivity index (χ2n) is 4.57. The first-order chi connectivity index (χ1) is 8.63. The fourth-order valence-electron chi connectivity index (χ4n) is 2.22. The first-order valence-corrected chi connectivity index (χ1v) is 6.08. The Hall–Kier alpha value is -1.87. The van der Waals surface area contributed by atoms with Crippen LogP contribution in [-0.4, -0.2) is 12.0 Å². The second-order valence-corrected chi connectivity index (χ2v) is 4.57. The molecular formula is C15H19N3. The summed E-state index contributed by atoms with van der Waals surface area (Å²) in [4.78, 5) is 4.24. The summed E-state index contributed by atoms with van der Waals surface area (Å²) < 4.78 is 0. The maximum Gasteiger partial charge on any atom is 0.128 e. The lowest BCUT2D eigenvalue weighted by atomic mass is 9.95. The molecule has 3 nitrogen and oxygen atoms in total. The number of anilines is 1. The zero-order valence-corrected chi connectivity index (χ0v) is 11.1. The van der Waals surface area contributed by atoms with Gasteiger partial charge < -0.3 is 11.1 Å². The quantitative estimate of drug-likeness (QED) is 0.868. The fraction of sp³-hybridized carbons (Fsp3) is 0.267. The van der Waals surface area contributed by atoms with Crippen LogP contribution in [0.2, 0.25) is 0 Å². The molecule has 1 aromatic heterocycles. The number of hydrogen-bond donors (Lipinski definition) is 2. The van der Waals surface area contributed by atoms with E-state index in [1.54, 1.807) is 6.20 Å². The van der Waals surface area contributed by atoms with Crippen LogP contribution >= 0.6 is 0 Å². The van der Waals surface area contributed by atoms with Gasteiger partial charge in [0.1, 0.15) is 5.82 Å². The highest BCUT2D eigenvalue weighted by atomic mass is 14.9. The van der Waals surface area contributed by atoms with E-state index in [-0.39, 0.29) is 6.04 Å². The van der Waals surface area contributed by atoms with Crippen molar-refractivity contribution in [2.24, 2.45) is 0 Å². The Balaban J connectivity index is 2.52. The van der Waals surface area contributed by atoms with Crippen LogP contribution in [0.1, 0.15) is 28.3 Å². The zero-order chi connectivity index (χ0) is 13.1. The van der Waals surface area contributed by atoms with E-state index < -0.39 is 0 Å². The second kappa shape index (κ2) is 5.19. The van der Waals surface area contributed by atoms with Crippen LogP contribution in [0.5, 0.6) is 0 Å². The normalized spacial score (nSPS) is 12.4. The summed E-state index contributed by atoms with van der Waals surface area (Å²) in [6.07, 6.45) is 1.80. The van der Waals surface area contributed by atoms with Crippen LogP contribution in [0.25, 0.3) is 0 Å². The summed E-state index contributed by atoms with van der Waals surface area (Å²) in [5.41, 5.74) is 10.6. The lowest BCUT2D eigenvalue weighted by Crippen LogP contribution is -2.20. The molecule has 0 aliphatic heterocycles. The van der Waals surface area contributed by atoms with Gasteiger partial charge in [-0.3, -0.25) is 0 Å². The summed E-state index contributed by atoms with van der Waals surface area (Å²) in [7, 11) is 1.94. The van der Waals surface area contributed by atoms with Crippen molar-refractivity contribution in [1.29, 1.82) is 0 Å². The van der Waals surface area contributed by atoms with Gasteiger partial charge >= 0.3 is 0 Å². The van der Waals surface area contributed by atoms with Crippen molar-refractivity contribution in [1.82, 2.24) is 10.3 Å². The summed E-state index contributed by atoms with van der Waals surface area (Å²) in [5.74, 6) is 0.586. The van der Waals surface area contributed by atoms with Crippen molar-refractivity contribution in [3.63, 3.8) is 0 Å². The molecule has 0 saturated heterocycles. The molecule has 3 N–H and O–H groups in total. The molecule has 0 spiro atoms. The van der Waals surface area contributed by atoms with Gasteiger partial charge in [-0.1, -0.05) is 24.3 Å². The summed E-state index contributed by atoms with van der Waals surface area (Å²) in [6.45, 7) is 4.14. The minimum absolute atomic E-state index is 0.0820. The van der Waals surface area contributed by atoms with Crippen LogP contribution in [-0.2, 0) is 0 Å². The number of benzene rings is 1. The molecule has 1 aromatic carbocycles. The van der Waals surface area contributed by atoms with Gasteiger partial charge in [0.25, 0.3) is 0 Å². The molecule has 0 bridgehead atoms. The molecule has 0 aliphatic carbocycles. The fourth-order valence-corrected chi connectivity index (χ4v) is 2.22. The van der Waals surface area contributed by atoms with Crippen LogP contribution in [0.3, 0.4) is 0 Å². The number of aromatic nitrogens is 1. The standard InChI is InChI=1S/C15H19N3/c1-10-8-13(15(16)18-9-10)14(17-3)12-7-5-4-6-11(12)2/h4-9,14,17H,1-3H3,(H2,16,18). The minimum Gasteiger partial charge on any atom is -0.383 e. The first-order valence-electron chi connectivity index (χ1n) is 6.08. The van der Waals surface area contributed by atoms with Gasteiger partial charge in [-0.05, 0) is 43.7 Å². The largest absolute Gasteiger partial charge is 0.383 e. The van der Waals surface area contributed by atoms with Gasteiger partial charge in [0.2, 0.25) is 0 Å². The molecule has 0 fully saturated rings. The Morgan fingerprint density at radius 3 is 2.56 bits per heavy atom. The van der Waals surface area contributed by atoms with Crippen molar-refractivity contribution in [3.05, 3.63) is 58.8 Å². The van der Waals surface area contributed by atoms with Gasteiger partial charge in [0.15, 0.2) is 0 Å². The number of nitrogens with zero attached hydrogens (tertiary/aromatic N) is 1. The van der Waals surface area contributed by atoms with Crippen molar-refractivity contribution in [2.45, 2.75) is 19.9 Å². The molecule has 2 aromatic rings. The Morgan fingerprint density at radius 1 is 1.17 bits per heavy atom. The lowest BCUT2D eigenvalue weighted by Gasteiger charge is -2.20. The maximum atomic E-state index is 6.00. The number of aryl methyl sites for hydroxylation is 2. The molecule has 0 amide bonds. The number of rotatable bonds is 3. The monoisotopic (exact) mass is 241 g/mol. The highest BCUT2D eigenvalue weighted by Crippen LogP contribution is 2.27. The molecule has 3 heteroatoms. The number of hydrogen-bond acceptors (Lipinski definition) is 3. The zero-order valence-electron chi connectivity index (χ0n) is 11.1. The van der Waals surface area contributed by atoms with Gasteiger partial charge in [-0.15, -0.1) is 0 Å². The number of nitrogens with two attached hydrogens (primary N) is 1. The molecular weight excluding hydrogens is 222 g/mol. The molecule has 18 heavy (non-hydrogen) atoms. The molecule has 0 radical (unpaired) electrons. The average molecular weight is 241 g/mol. The third kappa shape index (κ3) is 2.36. The maximum absolute atomic E-state index is 6.00. The molecule has 1 unspecified atom stereocenters. The Bertz CT molecular complexity index is 549. The number of pyridine rings is 1. The Kier molecular flexibility index (Phi) is 3.63. The third-order valence-corrected chi connectivity index (χ3v) is 3.19. The van der Waals surface area contributed by atoms with E-state index in [1.165, 1.54) is 11.1 Å². The van der Waals surface area contributed by atoms with Gasteiger partial charge in [-0.2, -0.15) is 0 Å². The van der Waals surface area contributed by atoms with Crippen molar-refractivity contribution in [3.8, 4) is 0 Å². The van der Waals surface area contributed by atoms with E-state index in [4.69, 9.17) is 5.73 Å². The van der Waals surface area contributed by atoms with Crippen LogP contribution in [0.15, 0.2) is 36.5 Å². The van der Waals surface area contributed by atoms with E-state index >= 15 is 0 Å². The van der Waals surface area contributed by atoms with Crippen molar-refractivity contribution < 1.29 is 0 Å². The average Bonchev–Trinajstić information content (AvgIpc) is 2.36. The third-order valence-electron chi connectivity index (χ3n) is 3.19. The Labute approximate surface area is 108 Å². The van der Waals surface area contributed by atoms with Crippen molar-refractivity contribution >= 4 is 5.82 Å². The highest BCUT2D eigenvalue weighted by molar-refractivity contribution is 5.48. The van der Waals surface area contributed by atoms with E-state index in [1.807, 2.05) is 26.1 Å². The van der Waals surface area contributed by atoms with E-state index in [0.717, 1.165) is 11.1 Å². The molecule has 1 atom stereocenters. The minimum atomic E-state index is 0.0820. The predicted octanol–water partition coefficient (Wildman–Crippen LogP) is 2.59. The molecule has 0 saturated carbocycles. The van der Waals surface area contributed by atoms with Crippen molar-refractivity contribution in [2.75, 3.05) is 12.8 Å². The highest BCUT2D eigenvalue weighted by Gasteiger charge is 2.17. The summed E-state index contributed by atoms with van der Waals surface area (Å²) in [5, 5.41) is 3.32. The molecule has 1 heterocycles. The predicted molar refractivity (Wildman–Crippen MR) is 75.5 cm³/mol. The summed E-state index contributed by atoms with van der Waals surface area (Å²) >= 11 is 0. The van der Waals surface area contributed by atoms with Crippen LogP contribution in [0.4, 0.5) is 5.82 Å². The molecule has 2 rings (SSSR count). The molecule has 94 valence electrons. The number of nitrogen functional groups attached to an aromatic ring is 1. The van der Waals surface area contributed by atoms with Crippen LogP contribution in [0, 0.1) is 13.8 Å². The summed E-state index contributed by atoms with van der Waals surface area (Å²) in [6, 6.07) is 10.5. The van der Waals surface area contributed by atoms with E-state index in [0.29, 0.717) is 5.82 Å². The topological polar surface area (TPSA) is 50.9 Å². The van der Waals surface area contributed by atoms with Gasteiger partial charge in [0, 0.05) is 11.8 Å². The number of nitrogens with one attached hydrogen (secondary N) is 1. The lowest BCUT2D eigenvalue weighted by molar-refractivity contribution is 0.686. The van der Waals surface area contributed by atoms with Gasteiger partial charge in [0.05, 0.1) is 6.04 Å². The molecule has 0 aliphatic rings. The SMILES string of the molecule is CNC(c1ccccc1C)c1cc(C)cnc1N. The smallest absolute Gasteiger partial charge is 0.128 e. The van der Waals surface area contributed by atoms with Crippen LogP contribution < -0.4 is 11.1 Å². The van der Waals surface area contributed by atoms with E-state index in [9.17, 15) is 0 Å². The van der Waals surface area contributed by atoms with E-state index in [2.05, 4.69) is 35.4 Å². The van der Waals surface area contributed by atoms with Gasteiger partial charge in [-0.25, -0.2) is 4.98 Å².